The Morgan fingerprint density at radius 3 is 3.00 bits per heavy atom. The highest BCUT2D eigenvalue weighted by Crippen LogP contribution is 2.00. The number of hydrogen-bond donors (Lipinski definition) is 4. The molecule has 0 aromatic heterocycles. The van der Waals surface area contributed by atoms with E-state index >= 15 is 0 Å². The molecule has 0 aliphatic carbocycles. The van der Waals surface area contributed by atoms with Crippen LogP contribution in [0.3, 0.4) is 0 Å². The molecule has 2 aliphatic heterocycles. The van der Waals surface area contributed by atoms with Gasteiger partial charge in [-0.25, -0.2) is 11.0 Å². The highest BCUT2D eigenvalue weighted by atomic mass is 16.8. The average Bonchev–Trinajstić information content (AvgIpc) is 2.33. The molecular weight excluding hydrogens is 136 g/mol. The lowest BCUT2D eigenvalue weighted by atomic mass is 10.4. The quantitative estimate of drug-likeness (QED) is 0.311. The van der Waals surface area contributed by atoms with Crippen LogP contribution >= 0.6 is 0 Å². The maximum absolute atomic E-state index is 10.7. The lowest BCUT2D eigenvalue weighted by Crippen LogP contribution is -2.42. The Labute approximate surface area is 56.5 Å². The molecule has 0 bridgehead atoms. The smallest absolute Gasteiger partial charge is 0.244 e. The molecule has 6 nitrogen and oxygen atoms in total. The molecule has 2 aliphatic rings. The summed E-state index contributed by atoms with van der Waals surface area (Å²) in [6.07, 6.45) is 0. The van der Waals surface area contributed by atoms with Crippen LogP contribution in [0.5, 0.6) is 0 Å². The van der Waals surface area contributed by atoms with E-state index < -0.39 is 0 Å². The Balaban J connectivity index is 2.21. The van der Waals surface area contributed by atoms with Crippen molar-refractivity contribution < 1.29 is 9.73 Å². The Morgan fingerprint density at radius 2 is 2.10 bits per heavy atom. The van der Waals surface area contributed by atoms with Crippen molar-refractivity contribution in [1.82, 2.24) is 21.6 Å². The predicted molar refractivity (Wildman–Crippen MR) is 30.5 cm³/mol. The van der Waals surface area contributed by atoms with Crippen molar-refractivity contribution >= 4 is 5.91 Å². The number of rotatable bonds is 0. The second-order valence-corrected chi connectivity index (χ2v) is 1.96. The molecule has 0 fully saturated rings. The van der Waals surface area contributed by atoms with E-state index in [-0.39, 0.29) is 12.5 Å². The van der Waals surface area contributed by atoms with E-state index in [1.165, 1.54) is 0 Å². The molecule has 0 aromatic rings. The Hall–Kier alpha value is -1.43. The molecule has 10 heavy (non-hydrogen) atoms. The molecule has 0 saturated carbocycles. The van der Waals surface area contributed by atoms with Gasteiger partial charge in [0.25, 0.3) is 0 Å². The van der Waals surface area contributed by atoms with Gasteiger partial charge in [-0.2, -0.15) is 4.94 Å². The highest BCUT2D eigenvalue weighted by molar-refractivity contribution is 5.81. The Morgan fingerprint density at radius 1 is 1.30 bits per heavy atom. The second-order valence-electron chi connectivity index (χ2n) is 1.96. The highest BCUT2D eigenvalue weighted by Gasteiger charge is 2.21. The first-order valence-corrected chi connectivity index (χ1v) is 2.82. The SMILES string of the molecule is O=C1CNC2=C(NON2)N1. The van der Waals surface area contributed by atoms with Crippen LogP contribution in [-0.2, 0) is 9.73 Å². The zero-order chi connectivity index (χ0) is 6.97. The maximum atomic E-state index is 10.7. The minimum Gasteiger partial charge on any atom is -0.358 e. The van der Waals surface area contributed by atoms with Crippen molar-refractivity contribution in [3.05, 3.63) is 11.6 Å². The molecule has 2 rings (SSSR count). The number of carbonyl (C=O) groups excluding carboxylic acids is 1. The third-order valence-electron chi connectivity index (χ3n) is 1.25. The lowest BCUT2D eigenvalue weighted by molar-refractivity contribution is -0.120. The van der Waals surface area contributed by atoms with Crippen molar-refractivity contribution in [2.24, 2.45) is 0 Å². The summed E-state index contributed by atoms with van der Waals surface area (Å²) in [5.74, 6) is 1.12. The molecule has 0 radical (unpaired) electrons. The summed E-state index contributed by atoms with van der Waals surface area (Å²) in [6.45, 7) is 0.275. The fourth-order valence-corrected chi connectivity index (χ4v) is 0.794. The van der Waals surface area contributed by atoms with Crippen LogP contribution in [0, 0.1) is 0 Å². The van der Waals surface area contributed by atoms with Crippen molar-refractivity contribution in [3.63, 3.8) is 0 Å². The molecule has 0 atom stereocenters. The van der Waals surface area contributed by atoms with E-state index in [0.29, 0.717) is 11.6 Å². The number of hydrogen-bond acceptors (Lipinski definition) is 5. The molecular formula is C4H6N4O2. The molecule has 0 aromatic carbocycles. The second kappa shape index (κ2) is 1.77. The van der Waals surface area contributed by atoms with E-state index in [1.807, 2.05) is 0 Å². The number of nitrogens with one attached hydrogen (secondary N) is 4. The van der Waals surface area contributed by atoms with Gasteiger partial charge in [-0.05, 0) is 0 Å². The summed E-state index contributed by atoms with van der Waals surface area (Å²) in [6, 6.07) is 0. The van der Waals surface area contributed by atoms with Crippen LogP contribution in [0.15, 0.2) is 11.6 Å². The summed E-state index contributed by atoms with van der Waals surface area (Å²) in [7, 11) is 0. The topological polar surface area (TPSA) is 74.4 Å². The molecule has 2 heterocycles. The molecule has 0 saturated heterocycles. The minimum atomic E-state index is -0.0847. The standard InChI is InChI=1S/C4H6N4O2/c9-2-1-5-3-4(6-2)8-10-7-3/h5,7-8H,1H2,(H,6,9). The van der Waals surface area contributed by atoms with E-state index in [2.05, 4.69) is 26.5 Å². The van der Waals surface area contributed by atoms with Gasteiger partial charge in [-0.3, -0.25) is 4.79 Å². The summed E-state index contributed by atoms with van der Waals surface area (Å²) >= 11 is 0. The Bertz CT molecular complexity index is 211. The lowest BCUT2D eigenvalue weighted by Gasteiger charge is -2.13. The van der Waals surface area contributed by atoms with Crippen LogP contribution in [0.25, 0.3) is 0 Å². The summed E-state index contributed by atoms with van der Waals surface area (Å²) in [5.41, 5.74) is 4.98. The third-order valence-corrected chi connectivity index (χ3v) is 1.25. The monoisotopic (exact) mass is 142 g/mol. The van der Waals surface area contributed by atoms with Gasteiger partial charge in [0.2, 0.25) is 5.91 Å². The van der Waals surface area contributed by atoms with Gasteiger partial charge in [-0.15, -0.1) is 0 Å². The number of amides is 1. The predicted octanol–water partition coefficient (Wildman–Crippen LogP) is -2.13. The molecule has 0 spiro atoms. The summed E-state index contributed by atoms with van der Waals surface area (Å²) in [4.78, 5) is 15.3. The van der Waals surface area contributed by atoms with Gasteiger partial charge in [-0.1, -0.05) is 0 Å². The van der Waals surface area contributed by atoms with Crippen LogP contribution in [0.1, 0.15) is 0 Å². The van der Waals surface area contributed by atoms with E-state index in [0.717, 1.165) is 0 Å². The zero-order valence-electron chi connectivity index (χ0n) is 5.02. The van der Waals surface area contributed by atoms with Gasteiger partial charge < -0.3 is 10.6 Å². The zero-order valence-corrected chi connectivity index (χ0v) is 5.02. The van der Waals surface area contributed by atoms with Crippen LogP contribution in [0.2, 0.25) is 0 Å². The molecule has 4 N–H and O–H groups in total. The van der Waals surface area contributed by atoms with E-state index in [9.17, 15) is 4.79 Å². The fourth-order valence-electron chi connectivity index (χ4n) is 0.794. The van der Waals surface area contributed by atoms with Crippen LogP contribution in [0.4, 0.5) is 0 Å². The number of carbonyl (C=O) groups is 1. The normalized spacial score (nSPS) is 22.2. The van der Waals surface area contributed by atoms with Crippen molar-refractivity contribution in [1.29, 1.82) is 0 Å². The van der Waals surface area contributed by atoms with Gasteiger partial charge in [0.05, 0.1) is 6.54 Å². The van der Waals surface area contributed by atoms with Gasteiger partial charge in [0.1, 0.15) is 0 Å². The first-order valence-electron chi connectivity index (χ1n) is 2.82. The summed E-state index contributed by atoms with van der Waals surface area (Å²) < 4.78 is 0. The third kappa shape index (κ3) is 0.660. The van der Waals surface area contributed by atoms with Crippen molar-refractivity contribution in [2.45, 2.75) is 0 Å². The first kappa shape index (κ1) is 5.36. The van der Waals surface area contributed by atoms with Crippen molar-refractivity contribution in [2.75, 3.05) is 6.54 Å². The van der Waals surface area contributed by atoms with Gasteiger partial charge >= 0.3 is 0 Å². The minimum absolute atomic E-state index is 0.0847. The van der Waals surface area contributed by atoms with Crippen LogP contribution in [-0.4, -0.2) is 12.5 Å². The Kier molecular flexibility index (Phi) is 0.952. The number of hydroxylamine groups is 2. The summed E-state index contributed by atoms with van der Waals surface area (Å²) in [5, 5.41) is 5.36. The van der Waals surface area contributed by atoms with E-state index in [1.54, 1.807) is 0 Å². The van der Waals surface area contributed by atoms with Crippen molar-refractivity contribution in [3.8, 4) is 0 Å². The van der Waals surface area contributed by atoms with Gasteiger partial charge in [0, 0.05) is 0 Å². The molecule has 54 valence electrons. The molecule has 0 unspecified atom stereocenters. The largest absolute Gasteiger partial charge is 0.358 e. The van der Waals surface area contributed by atoms with E-state index in [4.69, 9.17) is 0 Å². The van der Waals surface area contributed by atoms with Gasteiger partial charge in [0.15, 0.2) is 11.6 Å². The fraction of sp³-hybridized carbons (Fsp3) is 0.250. The average molecular weight is 142 g/mol. The molecule has 1 amide bonds. The first-order chi connectivity index (χ1) is 4.86. The maximum Gasteiger partial charge on any atom is 0.244 e. The molecule has 6 heteroatoms. The van der Waals surface area contributed by atoms with Crippen LogP contribution < -0.4 is 21.6 Å².